The zero-order valence-corrected chi connectivity index (χ0v) is 30.6. The lowest BCUT2D eigenvalue weighted by Gasteiger charge is -2.35. The summed E-state index contributed by atoms with van der Waals surface area (Å²) in [5.41, 5.74) is 1.70. The third-order valence-corrected chi connectivity index (χ3v) is 9.38. The number of benzene rings is 2. The minimum Gasteiger partial charge on any atom is -0.496 e. The lowest BCUT2D eigenvalue weighted by atomic mass is 9.77. The average Bonchev–Trinajstić information content (AvgIpc) is 3.65. The Balaban J connectivity index is 1.42. The number of ether oxygens (including phenoxy) is 2. The molecule has 3 atom stereocenters. The van der Waals surface area contributed by atoms with E-state index in [0.717, 1.165) is 17.7 Å². The third kappa shape index (κ3) is 9.22. The number of nitrogens with zero attached hydrogens (tertiary/aromatic N) is 3. The van der Waals surface area contributed by atoms with Crippen molar-refractivity contribution < 1.29 is 23.9 Å². The van der Waals surface area contributed by atoms with Crippen LogP contribution in [0.25, 0.3) is 10.9 Å². The van der Waals surface area contributed by atoms with Gasteiger partial charge in [-0.1, -0.05) is 43.1 Å². The number of likely N-dealkylation sites (N-methyl/N-ethyl adjacent to an activating group) is 1. The van der Waals surface area contributed by atoms with Crippen molar-refractivity contribution in [1.82, 2.24) is 36.2 Å². The van der Waals surface area contributed by atoms with Crippen molar-refractivity contribution in [3.05, 3.63) is 76.3 Å². The normalized spacial score (nSPS) is 15.5. The Hall–Kier alpha value is -4.56. The molecule has 0 aliphatic carbocycles. The Kier molecular flexibility index (Phi) is 12.3. The molecule has 2 aromatic heterocycles. The van der Waals surface area contributed by atoms with E-state index in [1.54, 1.807) is 45.5 Å². The Morgan fingerprint density at radius 2 is 1.82 bits per heavy atom. The van der Waals surface area contributed by atoms with Crippen LogP contribution in [0.5, 0.6) is 11.5 Å². The first-order chi connectivity index (χ1) is 24.4. The van der Waals surface area contributed by atoms with E-state index >= 15 is 0 Å². The number of aromatic nitrogens is 3. The molecule has 1 aliphatic rings. The van der Waals surface area contributed by atoms with Crippen LogP contribution >= 0.6 is 23.2 Å². The van der Waals surface area contributed by atoms with Gasteiger partial charge in [-0.15, -0.1) is 0 Å². The van der Waals surface area contributed by atoms with Crippen LogP contribution in [-0.4, -0.2) is 71.5 Å². The smallest absolute Gasteiger partial charge is 0.249 e. The molecule has 15 heteroatoms. The SMILES string of the molecule is CN[C@@H](C)C(=O)N[C@H](C(=O)NC(=O)[C@@H]1CCCN1)C(C)(C)Cc1cc2c(Nc3cc(Cl)c(OCc4ccccn4)c(Cl)c3)ncnc2cc1OC. The molecule has 51 heavy (non-hydrogen) atoms. The van der Waals surface area contributed by atoms with Crippen molar-refractivity contribution in [3.8, 4) is 11.5 Å². The van der Waals surface area contributed by atoms with Crippen LogP contribution in [0, 0.1) is 5.41 Å². The highest BCUT2D eigenvalue weighted by atomic mass is 35.5. The summed E-state index contributed by atoms with van der Waals surface area (Å²) in [6.45, 7) is 6.29. The number of hydrogen-bond donors (Lipinski definition) is 5. The number of carbonyl (C=O) groups excluding carboxylic acids is 3. The number of carbonyl (C=O) groups is 3. The van der Waals surface area contributed by atoms with E-state index in [1.807, 2.05) is 38.1 Å². The summed E-state index contributed by atoms with van der Waals surface area (Å²) in [5.74, 6) is -0.0714. The molecule has 1 aliphatic heterocycles. The molecule has 0 spiro atoms. The van der Waals surface area contributed by atoms with E-state index in [9.17, 15) is 14.4 Å². The van der Waals surface area contributed by atoms with E-state index in [0.29, 0.717) is 56.9 Å². The van der Waals surface area contributed by atoms with Crippen LogP contribution in [0.2, 0.25) is 10.0 Å². The van der Waals surface area contributed by atoms with Gasteiger partial charge in [0, 0.05) is 23.3 Å². The zero-order valence-electron chi connectivity index (χ0n) is 29.1. The minimum absolute atomic E-state index is 0.194. The summed E-state index contributed by atoms with van der Waals surface area (Å²) in [5, 5.41) is 15.9. The van der Waals surface area contributed by atoms with Gasteiger partial charge in [-0.25, -0.2) is 9.97 Å². The van der Waals surface area contributed by atoms with Crippen LogP contribution in [0.3, 0.4) is 0 Å². The van der Waals surface area contributed by atoms with Crippen molar-refractivity contribution in [2.24, 2.45) is 5.41 Å². The fourth-order valence-corrected chi connectivity index (χ4v) is 6.49. The van der Waals surface area contributed by atoms with Crippen molar-refractivity contribution in [2.75, 3.05) is 26.0 Å². The number of nitrogens with one attached hydrogen (secondary N) is 5. The standard InChI is InChI=1S/C36H42Cl2N8O5/c1-20(39-4)33(47)45-31(35(49)46-34(48)27-10-8-12-41-27)36(2,3)17-21-13-24-28(16-29(21)50-5)42-19-43-32(24)44-23-14-25(37)30(26(38)15-23)51-18-22-9-6-7-11-40-22/h6-7,9,11,13-16,19-20,27,31,39,41H,8,10,12,17-18H2,1-5H3,(H,45,47)(H,42,43,44)(H,46,48,49)/t20-,27-,31+/m0/s1. The van der Waals surface area contributed by atoms with E-state index in [1.165, 1.54) is 6.33 Å². The lowest BCUT2D eigenvalue weighted by Crippen LogP contribution is -2.59. The molecule has 2 aromatic carbocycles. The summed E-state index contributed by atoms with van der Waals surface area (Å²) in [4.78, 5) is 52.9. The van der Waals surface area contributed by atoms with Gasteiger partial charge in [-0.2, -0.15) is 0 Å². The molecule has 1 fully saturated rings. The van der Waals surface area contributed by atoms with Crippen LogP contribution in [0.15, 0.2) is 55.0 Å². The number of methoxy groups -OCH3 is 1. The van der Waals surface area contributed by atoms with Gasteiger partial charge in [0.25, 0.3) is 0 Å². The van der Waals surface area contributed by atoms with Crippen LogP contribution in [0.1, 0.15) is 44.9 Å². The quantitative estimate of drug-likeness (QED) is 0.122. The molecular weight excluding hydrogens is 695 g/mol. The number of pyridine rings is 1. The van der Waals surface area contributed by atoms with Gasteiger partial charge in [0.15, 0.2) is 5.75 Å². The molecule has 13 nitrogen and oxygen atoms in total. The monoisotopic (exact) mass is 736 g/mol. The van der Waals surface area contributed by atoms with Crippen molar-refractivity contribution in [2.45, 2.75) is 64.8 Å². The second kappa shape index (κ2) is 16.6. The largest absolute Gasteiger partial charge is 0.496 e. The second-order valence-corrected chi connectivity index (χ2v) is 13.8. The van der Waals surface area contributed by atoms with Crippen LogP contribution in [0.4, 0.5) is 11.5 Å². The lowest BCUT2D eigenvalue weighted by molar-refractivity contribution is -0.137. The molecule has 0 unspecified atom stereocenters. The average molecular weight is 738 g/mol. The molecular formula is C36H42Cl2N8O5. The highest BCUT2D eigenvalue weighted by molar-refractivity contribution is 6.37. The first kappa shape index (κ1) is 37.7. The molecule has 3 amide bonds. The van der Waals surface area contributed by atoms with Crippen molar-refractivity contribution in [1.29, 1.82) is 0 Å². The molecule has 0 saturated carbocycles. The zero-order chi connectivity index (χ0) is 36.7. The number of imide groups is 1. The highest BCUT2D eigenvalue weighted by Crippen LogP contribution is 2.39. The Morgan fingerprint density at radius 3 is 2.47 bits per heavy atom. The van der Waals surface area contributed by atoms with Crippen LogP contribution in [-0.2, 0) is 27.4 Å². The summed E-state index contributed by atoms with van der Waals surface area (Å²) < 4.78 is 11.6. The number of rotatable bonds is 14. The van der Waals surface area contributed by atoms with Crippen molar-refractivity contribution >= 4 is 63.3 Å². The Bertz CT molecular complexity index is 1870. The Labute approximate surface area is 306 Å². The van der Waals surface area contributed by atoms with Gasteiger partial charge in [0.2, 0.25) is 17.7 Å². The fourth-order valence-electron chi connectivity index (χ4n) is 5.89. The summed E-state index contributed by atoms with van der Waals surface area (Å²) in [7, 11) is 3.20. The topological polar surface area (TPSA) is 168 Å². The Morgan fingerprint density at radius 1 is 1.06 bits per heavy atom. The number of hydrogen-bond acceptors (Lipinski definition) is 11. The van der Waals surface area contributed by atoms with Gasteiger partial charge >= 0.3 is 0 Å². The summed E-state index contributed by atoms with van der Waals surface area (Å²) >= 11 is 13.2. The van der Waals surface area contributed by atoms with E-state index < -0.39 is 35.4 Å². The van der Waals surface area contributed by atoms with Gasteiger partial charge in [0.05, 0.1) is 40.4 Å². The minimum atomic E-state index is -1.07. The number of anilines is 2. The number of amides is 3. The summed E-state index contributed by atoms with van der Waals surface area (Å²) in [6, 6.07) is 10.5. The molecule has 5 rings (SSSR count). The number of fused-ring (bicyclic) bond motifs is 1. The van der Waals surface area contributed by atoms with E-state index in [-0.39, 0.29) is 18.9 Å². The molecule has 3 heterocycles. The number of halogens is 2. The fraction of sp³-hybridized carbons (Fsp3) is 0.389. The third-order valence-electron chi connectivity index (χ3n) is 8.81. The molecule has 0 bridgehead atoms. The maximum absolute atomic E-state index is 13.7. The summed E-state index contributed by atoms with van der Waals surface area (Å²) in [6.07, 6.45) is 4.84. The maximum atomic E-state index is 13.7. The van der Waals surface area contributed by atoms with E-state index in [2.05, 4.69) is 41.5 Å². The van der Waals surface area contributed by atoms with E-state index in [4.69, 9.17) is 32.7 Å². The maximum Gasteiger partial charge on any atom is 0.249 e. The predicted octanol–water partition coefficient (Wildman–Crippen LogP) is 4.72. The van der Waals surface area contributed by atoms with Gasteiger partial charge in [-0.3, -0.25) is 24.7 Å². The molecule has 5 N–H and O–H groups in total. The second-order valence-electron chi connectivity index (χ2n) is 13.0. The van der Waals surface area contributed by atoms with Gasteiger partial charge < -0.3 is 30.7 Å². The molecule has 270 valence electrons. The van der Waals surface area contributed by atoms with Gasteiger partial charge in [0.1, 0.15) is 30.5 Å². The first-order valence-electron chi connectivity index (χ1n) is 16.6. The highest BCUT2D eigenvalue weighted by Gasteiger charge is 2.39. The molecule has 0 radical (unpaired) electrons. The van der Waals surface area contributed by atoms with Gasteiger partial charge in [-0.05, 0) is 81.1 Å². The van der Waals surface area contributed by atoms with Crippen LogP contribution < -0.4 is 36.1 Å². The molecule has 4 aromatic rings. The first-order valence-corrected chi connectivity index (χ1v) is 17.3. The predicted molar refractivity (Wildman–Crippen MR) is 197 cm³/mol. The van der Waals surface area contributed by atoms with Crippen molar-refractivity contribution in [3.63, 3.8) is 0 Å². The molecule has 1 saturated heterocycles.